The van der Waals surface area contributed by atoms with E-state index in [9.17, 15) is 0 Å². The molecule has 1 heterocycles. The van der Waals surface area contributed by atoms with E-state index in [4.69, 9.17) is 0 Å². The third-order valence-corrected chi connectivity index (χ3v) is 2.55. The molecule has 1 rings (SSSR count). The molecule has 0 saturated heterocycles. The van der Waals surface area contributed by atoms with Gasteiger partial charge in [-0.05, 0) is 38.8 Å². The molecular weight excluding hydrogens is 172 g/mol. The fourth-order valence-electron chi connectivity index (χ4n) is 1.23. The summed E-state index contributed by atoms with van der Waals surface area (Å²) in [7, 11) is 0. The molecule has 0 aliphatic carbocycles. The van der Waals surface area contributed by atoms with Crippen LogP contribution in [0.5, 0.6) is 0 Å². The maximum Gasteiger partial charge on any atom is 0.0421 e. The molecule has 1 aromatic heterocycles. The molecule has 0 aliphatic rings. The number of hydrogen-bond donors (Lipinski definition) is 1. The summed E-state index contributed by atoms with van der Waals surface area (Å²) < 4.78 is 0. The zero-order valence-electron chi connectivity index (χ0n) is 9.59. The molecule has 14 heavy (non-hydrogen) atoms. The highest BCUT2D eigenvalue weighted by atomic mass is 15.0. The number of aryl methyl sites for hydroxylation is 1. The van der Waals surface area contributed by atoms with Crippen LogP contribution in [0.15, 0.2) is 18.3 Å². The maximum atomic E-state index is 4.27. The fourth-order valence-corrected chi connectivity index (χ4v) is 1.23. The summed E-state index contributed by atoms with van der Waals surface area (Å²) in [6, 6.07) is 4.15. The second-order valence-corrected chi connectivity index (χ2v) is 4.25. The Labute approximate surface area is 86.8 Å². The van der Waals surface area contributed by atoms with Crippen LogP contribution in [0.1, 0.15) is 39.8 Å². The second-order valence-electron chi connectivity index (χ2n) is 4.25. The predicted molar refractivity (Wildman–Crippen MR) is 61.6 cm³/mol. The number of hydrogen-bond acceptors (Lipinski definition) is 2. The van der Waals surface area contributed by atoms with Gasteiger partial charge in [-0.15, -0.1) is 0 Å². The SMILES string of the molecule is CCc1cc(NC(C)(C)CC)ccn1. The highest BCUT2D eigenvalue weighted by Gasteiger charge is 2.13. The molecule has 2 nitrogen and oxygen atoms in total. The minimum Gasteiger partial charge on any atom is -0.380 e. The van der Waals surface area contributed by atoms with Gasteiger partial charge in [0.1, 0.15) is 0 Å². The van der Waals surface area contributed by atoms with Crippen LogP contribution in [0.3, 0.4) is 0 Å². The van der Waals surface area contributed by atoms with Crippen molar-refractivity contribution in [2.75, 3.05) is 5.32 Å². The minimum absolute atomic E-state index is 0.159. The van der Waals surface area contributed by atoms with Gasteiger partial charge in [0.25, 0.3) is 0 Å². The Kier molecular flexibility index (Phi) is 3.50. The van der Waals surface area contributed by atoms with Crippen LogP contribution in [0.2, 0.25) is 0 Å². The lowest BCUT2D eigenvalue weighted by Crippen LogP contribution is -2.29. The van der Waals surface area contributed by atoms with Crippen molar-refractivity contribution in [2.45, 2.75) is 46.1 Å². The molecule has 0 radical (unpaired) electrons. The second kappa shape index (κ2) is 4.45. The topological polar surface area (TPSA) is 24.9 Å². The summed E-state index contributed by atoms with van der Waals surface area (Å²) in [5, 5.41) is 3.50. The van der Waals surface area contributed by atoms with E-state index in [1.165, 1.54) is 5.69 Å². The molecule has 0 aromatic carbocycles. The molecule has 0 atom stereocenters. The monoisotopic (exact) mass is 192 g/mol. The molecule has 1 N–H and O–H groups in total. The predicted octanol–water partition coefficient (Wildman–Crippen LogP) is 3.24. The standard InChI is InChI=1S/C12H20N2/c1-5-10-9-11(7-8-13-10)14-12(3,4)6-2/h7-9H,5-6H2,1-4H3,(H,13,14). The molecule has 1 aromatic rings. The van der Waals surface area contributed by atoms with Crippen LogP contribution in [0, 0.1) is 0 Å². The Balaban J connectivity index is 2.76. The van der Waals surface area contributed by atoms with E-state index in [0.29, 0.717) is 0 Å². The first kappa shape index (κ1) is 11.0. The number of nitrogens with one attached hydrogen (secondary N) is 1. The van der Waals surface area contributed by atoms with Crippen molar-refractivity contribution in [3.8, 4) is 0 Å². The Morgan fingerprint density at radius 2 is 2.07 bits per heavy atom. The highest BCUT2D eigenvalue weighted by molar-refractivity contribution is 5.45. The van der Waals surface area contributed by atoms with Crippen LogP contribution < -0.4 is 5.32 Å². The van der Waals surface area contributed by atoms with Gasteiger partial charge in [-0.3, -0.25) is 4.98 Å². The average Bonchev–Trinajstić information content (AvgIpc) is 2.17. The maximum absolute atomic E-state index is 4.27. The Morgan fingerprint density at radius 3 is 2.64 bits per heavy atom. The lowest BCUT2D eigenvalue weighted by atomic mass is 10.0. The smallest absolute Gasteiger partial charge is 0.0421 e. The lowest BCUT2D eigenvalue weighted by molar-refractivity contribution is 0.547. The molecule has 0 saturated carbocycles. The van der Waals surface area contributed by atoms with Crippen molar-refractivity contribution in [2.24, 2.45) is 0 Å². The van der Waals surface area contributed by atoms with Gasteiger partial charge in [-0.25, -0.2) is 0 Å². The first-order chi connectivity index (χ1) is 6.57. The summed E-state index contributed by atoms with van der Waals surface area (Å²) in [4.78, 5) is 4.27. The minimum atomic E-state index is 0.159. The summed E-state index contributed by atoms with van der Waals surface area (Å²) in [5.41, 5.74) is 2.47. The molecule has 78 valence electrons. The van der Waals surface area contributed by atoms with Crippen LogP contribution in [0.25, 0.3) is 0 Å². The lowest BCUT2D eigenvalue weighted by Gasteiger charge is -2.26. The van der Waals surface area contributed by atoms with Crippen LogP contribution >= 0.6 is 0 Å². The molecule has 0 fully saturated rings. The zero-order chi connectivity index (χ0) is 10.6. The summed E-state index contributed by atoms with van der Waals surface area (Å²) in [6.07, 6.45) is 3.96. The molecule has 0 bridgehead atoms. The van der Waals surface area contributed by atoms with E-state index in [1.54, 1.807) is 0 Å². The van der Waals surface area contributed by atoms with Crippen molar-refractivity contribution in [1.82, 2.24) is 4.98 Å². The Hall–Kier alpha value is -1.05. The van der Waals surface area contributed by atoms with Gasteiger partial charge in [-0.2, -0.15) is 0 Å². The Bertz CT molecular complexity index is 292. The molecule has 0 unspecified atom stereocenters. The molecule has 0 aliphatic heterocycles. The zero-order valence-corrected chi connectivity index (χ0v) is 9.59. The average molecular weight is 192 g/mol. The van der Waals surface area contributed by atoms with Gasteiger partial charge in [0.2, 0.25) is 0 Å². The number of nitrogens with zero attached hydrogens (tertiary/aromatic N) is 1. The van der Waals surface area contributed by atoms with Crippen molar-refractivity contribution in [1.29, 1.82) is 0 Å². The number of anilines is 1. The molecule has 2 heteroatoms. The van der Waals surface area contributed by atoms with E-state index >= 15 is 0 Å². The summed E-state index contributed by atoms with van der Waals surface area (Å²) in [5.74, 6) is 0. The van der Waals surface area contributed by atoms with Gasteiger partial charge in [0, 0.05) is 23.1 Å². The van der Waals surface area contributed by atoms with Crippen LogP contribution in [-0.4, -0.2) is 10.5 Å². The van der Waals surface area contributed by atoms with Gasteiger partial charge in [-0.1, -0.05) is 13.8 Å². The van der Waals surface area contributed by atoms with Gasteiger partial charge < -0.3 is 5.32 Å². The fraction of sp³-hybridized carbons (Fsp3) is 0.583. The summed E-state index contributed by atoms with van der Waals surface area (Å²) in [6.45, 7) is 8.73. The number of aromatic nitrogens is 1. The first-order valence-electron chi connectivity index (χ1n) is 5.30. The van der Waals surface area contributed by atoms with Crippen LogP contribution in [0.4, 0.5) is 5.69 Å². The quantitative estimate of drug-likeness (QED) is 0.792. The molecule has 0 amide bonds. The van der Waals surface area contributed by atoms with Gasteiger partial charge in [0.15, 0.2) is 0 Å². The van der Waals surface area contributed by atoms with E-state index < -0.39 is 0 Å². The van der Waals surface area contributed by atoms with E-state index in [1.807, 2.05) is 12.3 Å². The summed E-state index contributed by atoms with van der Waals surface area (Å²) >= 11 is 0. The van der Waals surface area contributed by atoms with Crippen molar-refractivity contribution >= 4 is 5.69 Å². The van der Waals surface area contributed by atoms with E-state index in [-0.39, 0.29) is 5.54 Å². The van der Waals surface area contributed by atoms with E-state index in [0.717, 1.165) is 18.5 Å². The third-order valence-electron chi connectivity index (χ3n) is 2.55. The van der Waals surface area contributed by atoms with Crippen molar-refractivity contribution in [3.05, 3.63) is 24.0 Å². The van der Waals surface area contributed by atoms with Crippen LogP contribution in [-0.2, 0) is 6.42 Å². The van der Waals surface area contributed by atoms with Gasteiger partial charge >= 0.3 is 0 Å². The highest BCUT2D eigenvalue weighted by Crippen LogP contribution is 2.17. The number of pyridine rings is 1. The first-order valence-corrected chi connectivity index (χ1v) is 5.30. The largest absolute Gasteiger partial charge is 0.380 e. The van der Waals surface area contributed by atoms with Crippen molar-refractivity contribution in [3.63, 3.8) is 0 Å². The Morgan fingerprint density at radius 1 is 1.36 bits per heavy atom. The van der Waals surface area contributed by atoms with Crippen molar-refractivity contribution < 1.29 is 0 Å². The van der Waals surface area contributed by atoms with E-state index in [2.05, 4.69) is 44.1 Å². The molecule has 0 spiro atoms. The number of rotatable bonds is 4. The third kappa shape index (κ3) is 3.02. The van der Waals surface area contributed by atoms with Gasteiger partial charge in [0.05, 0.1) is 0 Å². The normalized spacial score (nSPS) is 11.4. The molecular formula is C12H20N2.